The van der Waals surface area contributed by atoms with Crippen molar-refractivity contribution in [3.63, 3.8) is 0 Å². The molecule has 0 saturated heterocycles. The smallest absolute Gasteiger partial charge is 0.321 e. The molecule has 1 atom stereocenters. The zero-order valence-corrected chi connectivity index (χ0v) is 9.44. The molecule has 1 rings (SSSR count). The van der Waals surface area contributed by atoms with E-state index in [-0.39, 0.29) is 17.3 Å². The molecule has 1 aromatic carbocycles. The fraction of sp³-hybridized carbons (Fsp3) is 0.273. The Kier molecular flexibility index (Phi) is 5.01. The van der Waals surface area contributed by atoms with Crippen molar-refractivity contribution in [1.82, 2.24) is 0 Å². The van der Waals surface area contributed by atoms with Crippen LogP contribution in [0.3, 0.4) is 0 Å². The molecule has 1 unspecified atom stereocenters. The van der Waals surface area contributed by atoms with E-state index >= 15 is 0 Å². The summed E-state index contributed by atoms with van der Waals surface area (Å²) in [6, 6.07) is 7.99. The van der Waals surface area contributed by atoms with Gasteiger partial charge in [-0.3, -0.25) is 9.59 Å². The molecule has 0 bridgehead atoms. The van der Waals surface area contributed by atoms with Crippen LogP contribution in [0.1, 0.15) is 10.4 Å². The van der Waals surface area contributed by atoms with E-state index in [1.165, 1.54) is 11.8 Å². The number of hydrogen-bond acceptors (Lipinski definition) is 4. The average molecular weight is 239 g/mol. The average Bonchev–Trinajstić information content (AvgIpc) is 2.29. The molecule has 0 aliphatic heterocycles. The van der Waals surface area contributed by atoms with E-state index in [9.17, 15) is 9.59 Å². The van der Waals surface area contributed by atoms with Crippen LogP contribution in [-0.4, -0.2) is 34.4 Å². The number of carboxylic acids is 1. The summed E-state index contributed by atoms with van der Waals surface area (Å²) >= 11 is 1.24. The molecule has 0 heterocycles. The van der Waals surface area contributed by atoms with Gasteiger partial charge in [0, 0.05) is 11.3 Å². The number of hydrogen-bond donors (Lipinski definition) is 2. The van der Waals surface area contributed by atoms with Gasteiger partial charge < -0.3 is 10.8 Å². The molecule has 0 amide bonds. The Hall–Kier alpha value is -1.33. The largest absolute Gasteiger partial charge is 0.480 e. The molecule has 0 radical (unpaired) electrons. The Bertz CT molecular complexity index is 367. The molecule has 0 saturated carbocycles. The monoisotopic (exact) mass is 239 g/mol. The maximum Gasteiger partial charge on any atom is 0.321 e. The summed E-state index contributed by atoms with van der Waals surface area (Å²) in [6.07, 6.45) is 0. The fourth-order valence-corrected chi connectivity index (χ4v) is 1.92. The summed E-state index contributed by atoms with van der Waals surface area (Å²) in [7, 11) is 0. The molecule has 4 nitrogen and oxygen atoms in total. The maximum atomic E-state index is 11.6. The van der Waals surface area contributed by atoms with Gasteiger partial charge in [-0.1, -0.05) is 30.3 Å². The highest BCUT2D eigenvalue weighted by Crippen LogP contribution is 2.08. The molecular weight excluding hydrogens is 226 g/mol. The first kappa shape index (κ1) is 12.7. The summed E-state index contributed by atoms with van der Waals surface area (Å²) in [6.45, 7) is 0. The molecule has 86 valence electrons. The SMILES string of the molecule is NC(CSCC(=O)c1ccccc1)C(=O)O. The van der Waals surface area contributed by atoms with Gasteiger partial charge in [0.15, 0.2) is 5.78 Å². The zero-order valence-electron chi connectivity index (χ0n) is 8.63. The Morgan fingerprint density at radius 2 is 1.94 bits per heavy atom. The molecule has 5 heteroatoms. The third-order valence-electron chi connectivity index (χ3n) is 1.94. The number of rotatable bonds is 6. The first-order valence-corrected chi connectivity index (χ1v) is 5.91. The first-order valence-electron chi connectivity index (χ1n) is 4.75. The number of carbonyl (C=O) groups is 2. The molecule has 0 aliphatic rings. The minimum atomic E-state index is -1.04. The van der Waals surface area contributed by atoms with Gasteiger partial charge >= 0.3 is 5.97 Å². The van der Waals surface area contributed by atoms with Crippen molar-refractivity contribution in [2.45, 2.75) is 6.04 Å². The number of ketones is 1. The van der Waals surface area contributed by atoms with E-state index < -0.39 is 12.0 Å². The second-order valence-corrected chi connectivity index (χ2v) is 4.28. The van der Waals surface area contributed by atoms with Crippen molar-refractivity contribution in [3.05, 3.63) is 35.9 Å². The summed E-state index contributed by atoms with van der Waals surface area (Å²) in [5.41, 5.74) is 5.95. The lowest BCUT2D eigenvalue weighted by atomic mass is 10.2. The Balaban J connectivity index is 2.34. The van der Waals surface area contributed by atoms with Gasteiger partial charge in [0.2, 0.25) is 0 Å². The van der Waals surface area contributed by atoms with E-state index in [0.29, 0.717) is 5.56 Å². The first-order chi connectivity index (χ1) is 7.61. The molecule has 0 fully saturated rings. The number of thioether (sulfide) groups is 1. The van der Waals surface area contributed by atoms with Crippen LogP contribution in [0.5, 0.6) is 0 Å². The zero-order chi connectivity index (χ0) is 12.0. The van der Waals surface area contributed by atoms with Crippen molar-refractivity contribution in [1.29, 1.82) is 0 Å². The maximum absolute atomic E-state index is 11.6. The lowest BCUT2D eigenvalue weighted by Crippen LogP contribution is -2.32. The number of aliphatic carboxylic acids is 1. The van der Waals surface area contributed by atoms with Crippen LogP contribution < -0.4 is 5.73 Å². The van der Waals surface area contributed by atoms with Crippen LogP contribution in [0.15, 0.2) is 30.3 Å². The van der Waals surface area contributed by atoms with E-state index in [0.717, 1.165) is 0 Å². The van der Waals surface area contributed by atoms with Gasteiger partial charge in [0.1, 0.15) is 6.04 Å². The topological polar surface area (TPSA) is 80.4 Å². The Morgan fingerprint density at radius 3 is 2.50 bits per heavy atom. The van der Waals surface area contributed by atoms with Gasteiger partial charge in [0.25, 0.3) is 0 Å². The van der Waals surface area contributed by atoms with Crippen molar-refractivity contribution in [2.24, 2.45) is 5.73 Å². The van der Waals surface area contributed by atoms with Gasteiger partial charge in [-0.2, -0.15) is 11.8 Å². The third-order valence-corrected chi connectivity index (χ3v) is 3.00. The van der Waals surface area contributed by atoms with Crippen LogP contribution in [0.25, 0.3) is 0 Å². The molecular formula is C11H13NO3S. The van der Waals surface area contributed by atoms with E-state index in [2.05, 4.69) is 0 Å². The minimum absolute atomic E-state index is 0.0109. The van der Waals surface area contributed by atoms with Crippen molar-refractivity contribution in [2.75, 3.05) is 11.5 Å². The molecule has 16 heavy (non-hydrogen) atoms. The lowest BCUT2D eigenvalue weighted by Gasteiger charge is -2.05. The van der Waals surface area contributed by atoms with Crippen LogP contribution in [-0.2, 0) is 4.79 Å². The predicted molar refractivity (Wildman–Crippen MR) is 63.7 cm³/mol. The summed E-state index contributed by atoms with van der Waals surface area (Å²) < 4.78 is 0. The van der Waals surface area contributed by atoms with Crippen LogP contribution in [0, 0.1) is 0 Å². The van der Waals surface area contributed by atoms with Crippen molar-refractivity contribution in [3.8, 4) is 0 Å². The predicted octanol–water partition coefficient (Wildman–Crippen LogP) is 1.01. The second-order valence-electron chi connectivity index (χ2n) is 3.25. The molecule has 1 aromatic rings. The standard InChI is InChI=1S/C11H13NO3S/c12-9(11(14)15)6-16-7-10(13)8-4-2-1-3-5-8/h1-5,9H,6-7,12H2,(H,14,15). The highest BCUT2D eigenvalue weighted by atomic mass is 32.2. The van der Waals surface area contributed by atoms with Crippen LogP contribution in [0.4, 0.5) is 0 Å². The second kappa shape index (κ2) is 6.30. The number of carbonyl (C=O) groups excluding carboxylic acids is 1. The minimum Gasteiger partial charge on any atom is -0.480 e. The summed E-state index contributed by atoms with van der Waals surface area (Å²) in [5.74, 6) is -0.554. The number of nitrogens with two attached hydrogens (primary N) is 1. The third kappa shape index (κ3) is 4.04. The summed E-state index contributed by atoms with van der Waals surface area (Å²) in [4.78, 5) is 22.0. The van der Waals surface area contributed by atoms with Gasteiger partial charge in [-0.15, -0.1) is 0 Å². The highest BCUT2D eigenvalue weighted by Gasteiger charge is 2.12. The Labute approximate surface area is 97.8 Å². The van der Waals surface area contributed by atoms with Crippen molar-refractivity contribution >= 4 is 23.5 Å². The highest BCUT2D eigenvalue weighted by molar-refractivity contribution is 8.00. The Morgan fingerprint density at radius 1 is 1.31 bits per heavy atom. The van der Waals surface area contributed by atoms with E-state index in [1.54, 1.807) is 24.3 Å². The van der Waals surface area contributed by atoms with Gasteiger partial charge in [-0.25, -0.2) is 0 Å². The van der Waals surface area contributed by atoms with E-state index in [1.807, 2.05) is 6.07 Å². The van der Waals surface area contributed by atoms with E-state index in [4.69, 9.17) is 10.8 Å². The quantitative estimate of drug-likeness (QED) is 0.724. The molecule has 0 aromatic heterocycles. The lowest BCUT2D eigenvalue weighted by molar-refractivity contribution is -0.137. The van der Waals surface area contributed by atoms with Crippen LogP contribution >= 0.6 is 11.8 Å². The molecule has 0 aliphatic carbocycles. The van der Waals surface area contributed by atoms with Gasteiger partial charge in [-0.05, 0) is 0 Å². The molecule has 3 N–H and O–H groups in total. The van der Waals surface area contributed by atoms with Gasteiger partial charge in [0.05, 0.1) is 5.75 Å². The summed E-state index contributed by atoms with van der Waals surface area (Å²) in [5, 5.41) is 8.54. The fourth-order valence-electron chi connectivity index (χ4n) is 1.06. The normalized spacial score (nSPS) is 12.1. The number of Topliss-reactive ketones (excluding diaryl/α,β-unsaturated/α-hetero) is 1. The molecule has 0 spiro atoms. The van der Waals surface area contributed by atoms with Crippen LogP contribution in [0.2, 0.25) is 0 Å². The number of benzene rings is 1. The van der Waals surface area contributed by atoms with Crippen molar-refractivity contribution < 1.29 is 14.7 Å². The number of carboxylic acid groups (broad SMARTS) is 1.